The molecular formula is C16H22N2O2S. The van der Waals surface area contributed by atoms with E-state index in [2.05, 4.69) is 17.1 Å². The lowest BCUT2D eigenvalue weighted by Gasteiger charge is -2.30. The lowest BCUT2D eigenvalue weighted by atomic mass is 10.1. The number of thiocarbonyl (C=S) groups is 1. The zero-order chi connectivity index (χ0) is 14.7. The number of benzene rings is 1. The molecule has 114 valence electrons. The van der Waals surface area contributed by atoms with Crippen molar-refractivity contribution in [1.29, 1.82) is 0 Å². The van der Waals surface area contributed by atoms with Gasteiger partial charge >= 0.3 is 0 Å². The summed E-state index contributed by atoms with van der Waals surface area (Å²) in [4.78, 5) is 2.30. The third-order valence-corrected chi connectivity index (χ3v) is 4.44. The Balaban J connectivity index is 1.69. The number of fused-ring (bicyclic) bond motifs is 1. The predicted molar refractivity (Wildman–Crippen MR) is 88.3 cm³/mol. The number of rotatable bonds is 1. The highest BCUT2D eigenvalue weighted by Crippen LogP contribution is 2.32. The normalized spacial score (nSPS) is 21.6. The van der Waals surface area contributed by atoms with E-state index in [1.54, 1.807) is 0 Å². The van der Waals surface area contributed by atoms with Crippen LogP contribution in [-0.2, 0) is 0 Å². The Bertz CT molecular complexity index is 521. The van der Waals surface area contributed by atoms with E-state index in [9.17, 15) is 0 Å². The highest BCUT2D eigenvalue weighted by atomic mass is 32.1. The van der Waals surface area contributed by atoms with Crippen LogP contribution in [0.5, 0.6) is 11.5 Å². The van der Waals surface area contributed by atoms with Crippen LogP contribution >= 0.6 is 12.2 Å². The van der Waals surface area contributed by atoms with Gasteiger partial charge in [0.05, 0.1) is 0 Å². The van der Waals surface area contributed by atoms with Gasteiger partial charge in [-0.05, 0) is 44.1 Å². The first-order valence-corrected chi connectivity index (χ1v) is 8.12. The lowest BCUT2D eigenvalue weighted by molar-refractivity contribution is 0.171. The molecule has 2 aliphatic rings. The minimum atomic E-state index is 0.504. The SMILES string of the molecule is CC1CCCCCN1C(=S)Nc1ccc2c(c1)OCCO2. The van der Waals surface area contributed by atoms with E-state index in [-0.39, 0.29) is 0 Å². The van der Waals surface area contributed by atoms with Gasteiger partial charge in [-0.1, -0.05) is 12.8 Å². The van der Waals surface area contributed by atoms with Crippen LogP contribution < -0.4 is 14.8 Å². The second-order valence-corrected chi connectivity index (χ2v) is 6.07. The van der Waals surface area contributed by atoms with Crippen LogP contribution in [0.3, 0.4) is 0 Å². The van der Waals surface area contributed by atoms with Gasteiger partial charge in [-0.25, -0.2) is 0 Å². The Morgan fingerprint density at radius 2 is 2.00 bits per heavy atom. The van der Waals surface area contributed by atoms with Crippen LogP contribution in [-0.4, -0.2) is 35.8 Å². The van der Waals surface area contributed by atoms with Gasteiger partial charge in [0.15, 0.2) is 16.6 Å². The summed E-state index contributed by atoms with van der Waals surface area (Å²) in [5, 5.41) is 4.15. The average Bonchev–Trinajstić information content (AvgIpc) is 2.71. The molecule has 0 aliphatic carbocycles. The van der Waals surface area contributed by atoms with Gasteiger partial charge in [0.25, 0.3) is 0 Å². The first-order valence-electron chi connectivity index (χ1n) is 7.71. The zero-order valence-electron chi connectivity index (χ0n) is 12.4. The monoisotopic (exact) mass is 306 g/mol. The predicted octanol–water partition coefficient (Wildman–Crippen LogP) is 3.42. The number of hydrogen-bond acceptors (Lipinski definition) is 3. The summed E-state index contributed by atoms with van der Waals surface area (Å²) in [6, 6.07) is 6.39. The molecule has 2 heterocycles. The molecule has 0 aromatic heterocycles. The Kier molecular flexibility index (Phi) is 4.48. The first kappa shape index (κ1) is 14.4. The number of ether oxygens (including phenoxy) is 2. The van der Waals surface area contributed by atoms with Crippen LogP contribution in [0.4, 0.5) is 5.69 Å². The maximum atomic E-state index is 5.61. The van der Waals surface area contributed by atoms with Crippen molar-refractivity contribution >= 4 is 23.0 Å². The maximum Gasteiger partial charge on any atom is 0.173 e. The number of likely N-dealkylation sites (tertiary alicyclic amines) is 1. The van der Waals surface area contributed by atoms with Gasteiger partial charge in [-0.3, -0.25) is 0 Å². The van der Waals surface area contributed by atoms with E-state index in [1.807, 2.05) is 18.2 Å². The number of nitrogens with zero attached hydrogens (tertiary/aromatic N) is 1. The van der Waals surface area contributed by atoms with Gasteiger partial charge in [-0.15, -0.1) is 0 Å². The lowest BCUT2D eigenvalue weighted by Crippen LogP contribution is -2.40. The summed E-state index contributed by atoms with van der Waals surface area (Å²) < 4.78 is 11.1. The molecule has 0 saturated carbocycles. The highest BCUT2D eigenvalue weighted by Gasteiger charge is 2.20. The summed E-state index contributed by atoms with van der Waals surface area (Å²) in [6.07, 6.45) is 5.02. The van der Waals surface area contributed by atoms with Gasteiger partial charge in [-0.2, -0.15) is 0 Å². The first-order chi connectivity index (χ1) is 10.2. The average molecular weight is 306 g/mol. The smallest absolute Gasteiger partial charge is 0.173 e. The fraction of sp³-hybridized carbons (Fsp3) is 0.562. The minimum Gasteiger partial charge on any atom is -0.486 e. The van der Waals surface area contributed by atoms with Gasteiger partial charge in [0.1, 0.15) is 13.2 Å². The number of nitrogens with one attached hydrogen (secondary N) is 1. The third kappa shape index (κ3) is 3.40. The topological polar surface area (TPSA) is 33.7 Å². The van der Waals surface area contributed by atoms with E-state index in [1.165, 1.54) is 25.7 Å². The molecule has 1 aromatic carbocycles. The highest BCUT2D eigenvalue weighted by molar-refractivity contribution is 7.80. The molecule has 1 aromatic rings. The molecule has 0 bridgehead atoms. The molecular weight excluding hydrogens is 284 g/mol. The van der Waals surface area contributed by atoms with Crippen molar-refractivity contribution in [2.24, 2.45) is 0 Å². The summed E-state index contributed by atoms with van der Waals surface area (Å²) in [5.41, 5.74) is 0.959. The van der Waals surface area contributed by atoms with E-state index in [0.717, 1.165) is 28.8 Å². The second-order valence-electron chi connectivity index (χ2n) is 5.68. The Morgan fingerprint density at radius 1 is 1.19 bits per heavy atom. The molecule has 1 unspecified atom stereocenters. The van der Waals surface area contributed by atoms with E-state index in [0.29, 0.717) is 19.3 Å². The number of anilines is 1. The van der Waals surface area contributed by atoms with Crippen molar-refractivity contribution < 1.29 is 9.47 Å². The molecule has 1 saturated heterocycles. The molecule has 0 radical (unpaired) electrons. The van der Waals surface area contributed by atoms with Crippen molar-refractivity contribution in [1.82, 2.24) is 4.90 Å². The van der Waals surface area contributed by atoms with E-state index in [4.69, 9.17) is 21.7 Å². The molecule has 5 heteroatoms. The second kappa shape index (κ2) is 6.52. The molecule has 21 heavy (non-hydrogen) atoms. The minimum absolute atomic E-state index is 0.504. The Morgan fingerprint density at radius 3 is 2.86 bits per heavy atom. The molecule has 3 rings (SSSR count). The zero-order valence-corrected chi connectivity index (χ0v) is 13.2. The van der Waals surface area contributed by atoms with Crippen molar-refractivity contribution in [3.8, 4) is 11.5 Å². The summed E-state index contributed by atoms with van der Waals surface area (Å²) in [6.45, 7) is 4.51. The summed E-state index contributed by atoms with van der Waals surface area (Å²) >= 11 is 5.59. The Labute approximate surface area is 131 Å². The Hall–Kier alpha value is -1.49. The number of hydrogen-bond donors (Lipinski definition) is 1. The van der Waals surface area contributed by atoms with Crippen LogP contribution in [0.2, 0.25) is 0 Å². The molecule has 1 N–H and O–H groups in total. The fourth-order valence-corrected chi connectivity index (χ4v) is 3.28. The van der Waals surface area contributed by atoms with Gasteiger partial charge in [0, 0.05) is 24.3 Å². The standard InChI is InChI=1S/C16H22N2O2S/c1-12-5-3-2-4-8-18(12)16(21)17-13-6-7-14-15(11-13)20-10-9-19-14/h6-7,11-12H,2-5,8-10H2,1H3,(H,17,21). The van der Waals surface area contributed by atoms with Crippen LogP contribution in [0, 0.1) is 0 Å². The van der Waals surface area contributed by atoms with Crippen molar-refractivity contribution in [2.45, 2.75) is 38.6 Å². The molecule has 1 fully saturated rings. The molecule has 0 amide bonds. The molecule has 1 atom stereocenters. The summed E-state index contributed by atoms with van der Waals surface area (Å²) in [5.74, 6) is 1.60. The van der Waals surface area contributed by atoms with Crippen molar-refractivity contribution in [2.75, 3.05) is 25.1 Å². The summed E-state index contributed by atoms with van der Waals surface area (Å²) in [7, 11) is 0. The van der Waals surface area contributed by atoms with E-state index < -0.39 is 0 Å². The van der Waals surface area contributed by atoms with Crippen LogP contribution in [0.15, 0.2) is 18.2 Å². The van der Waals surface area contributed by atoms with Gasteiger partial charge < -0.3 is 19.7 Å². The molecule has 4 nitrogen and oxygen atoms in total. The van der Waals surface area contributed by atoms with E-state index >= 15 is 0 Å². The maximum absolute atomic E-state index is 5.61. The largest absolute Gasteiger partial charge is 0.486 e. The molecule has 2 aliphatic heterocycles. The molecule has 0 spiro atoms. The van der Waals surface area contributed by atoms with Crippen molar-refractivity contribution in [3.63, 3.8) is 0 Å². The fourth-order valence-electron chi connectivity index (χ4n) is 2.89. The quantitative estimate of drug-likeness (QED) is 0.804. The van der Waals surface area contributed by atoms with Crippen LogP contribution in [0.1, 0.15) is 32.6 Å². The van der Waals surface area contributed by atoms with Gasteiger partial charge in [0.2, 0.25) is 0 Å². The van der Waals surface area contributed by atoms with Crippen molar-refractivity contribution in [3.05, 3.63) is 18.2 Å². The third-order valence-electron chi connectivity index (χ3n) is 4.11. The van der Waals surface area contributed by atoms with Crippen LogP contribution in [0.25, 0.3) is 0 Å².